The first-order valence-corrected chi connectivity index (χ1v) is 8.42. The van der Waals surface area contributed by atoms with Crippen molar-refractivity contribution in [2.24, 2.45) is 11.8 Å². The molecule has 2 nitrogen and oxygen atoms in total. The summed E-state index contributed by atoms with van der Waals surface area (Å²) in [4.78, 5) is 4.57. The molecule has 1 N–H and O–H groups in total. The van der Waals surface area contributed by atoms with Crippen LogP contribution in [0.3, 0.4) is 0 Å². The zero-order valence-corrected chi connectivity index (χ0v) is 12.5. The fourth-order valence-electron chi connectivity index (χ4n) is 3.33. The molecule has 0 amide bonds. The van der Waals surface area contributed by atoms with Crippen LogP contribution in [0.1, 0.15) is 64.1 Å². The maximum atomic E-state index is 4.57. The summed E-state index contributed by atoms with van der Waals surface area (Å²) in [5.74, 6) is 1.67. The molecule has 0 spiro atoms. The van der Waals surface area contributed by atoms with E-state index in [0.29, 0.717) is 6.04 Å². The van der Waals surface area contributed by atoms with Crippen molar-refractivity contribution in [2.75, 3.05) is 6.54 Å². The Morgan fingerprint density at radius 3 is 2.89 bits per heavy atom. The molecule has 1 saturated carbocycles. The Morgan fingerprint density at radius 1 is 1.39 bits per heavy atom. The highest BCUT2D eigenvalue weighted by molar-refractivity contribution is 7.07. The lowest BCUT2D eigenvalue weighted by Crippen LogP contribution is -2.35. The minimum absolute atomic E-state index is 0.487. The van der Waals surface area contributed by atoms with E-state index in [1.54, 1.807) is 11.3 Å². The number of rotatable bonds is 6. The van der Waals surface area contributed by atoms with Gasteiger partial charge in [0.05, 0.1) is 17.2 Å². The molecule has 0 aliphatic heterocycles. The van der Waals surface area contributed by atoms with Crippen LogP contribution in [0.25, 0.3) is 0 Å². The Hall–Kier alpha value is -0.410. The normalized spacial score (nSPS) is 26.1. The lowest BCUT2D eigenvalue weighted by Gasteiger charge is -2.36. The van der Waals surface area contributed by atoms with Crippen molar-refractivity contribution in [3.05, 3.63) is 16.6 Å². The minimum atomic E-state index is 0.487. The van der Waals surface area contributed by atoms with Crippen LogP contribution < -0.4 is 5.32 Å². The minimum Gasteiger partial charge on any atom is -0.308 e. The Kier molecular flexibility index (Phi) is 5.64. The van der Waals surface area contributed by atoms with E-state index in [1.165, 1.54) is 44.2 Å². The van der Waals surface area contributed by atoms with Crippen LogP contribution in [0.4, 0.5) is 0 Å². The highest BCUT2D eigenvalue weighted by Gasteiger charge is 2.32. The van der Waals surface area contributed by atoms with Gasteiger partial charge in [-0.05, 0) is 31.2 Å². The van der Waals surface area contributed by atoms with Crippen LogP contribution in [0.2, 0.25) is 0 Å². The Bertz CT molecular complexity index is 323. The molecule has 0 aromatic carbocycles. The first-order valence-electron chi connectivity index (χ1n) is 7.48. The van der Waals surface area contributed by atoms with Gasteiger partial charge >= 0.3 is 0 Å². The third kappa shape index (κ3) is 3.33. The summed E-state index contributed by atoms with van der Waals surface area (Å²) in [7, 11) is 0. The molecule has 0 saturated heterocycles. The second-order valence-corrected chi connectivity index (χ2v) is 6.18. The van der Waals surface area contributed by atoms with Gasteiger partial charge in [-0.2, -0.15) is 0 Å². The van der Waals surface area contributed by atoms with Crippen LogP contribution in [0.15, 0.2) is 10.9 Å². The van der Waals surface area contributed by atoms with E-state index in [2.05, 4.69) is 29.5 Å². The van der Waals surface area contributed by atoms with Crippen molar-refractivity contribution in [3.63, 3.8) is 0 Å². The topological polar surface area (TPSA) is 24.9 Å². The van der Waals surface area contributed by atoms with Gasteiger partial charge in [0, 0.05) is 5.38 Å². The predicted octanol–water partition coefficient (Wildman–Crippen LogP) is 4.40. The van der Waals surface area contributed by atoms with E-state index in [-0.39, 0.29) is 0 Å². The van der Waals surface area contributed by atoms with Crippen molar-refractivity contribution in [1.29, 1.82) is 0 Å². The number of hydrogen-bond acceptors (Lipinski definition) is 3. The van der Waals surface area contributed by atoms with Gasteiger partial charge in [0.15, 0.2) is 0 Å². The summed E-state index contributed by atoms with van der Waals surface area (Å²) in [5, 5.41) is 5.98. The molecule has 3 unspecified atom stereocenters. The summed E-state index contributed by atoms with van der Waals surface area (Å²) in [5.41, 5.74) is 3.25. The van der Waals surface area contributed by atoms with Gasteiger partial charge < -0.3 is 5.32 Å². The maximum Gasteiger partial charge on any atom is 0.0795 e. The maximum absolute atomic E-state index is 4.57. The highest BCUT2D eigenvalue weighted by Crippen LogP contribution is 2.40. The van der Waals surface area contributed by atoms with Crippen molar-refractivity contribution in [3.8, 4) is 0 Å². The molecule has 1 aromatic rings. The number of thiazole rings is 1. The van der Waals surface area contributed by atoms with Gasteiger partial charge in [-0.1, -0.05) is 39.5 Å². The molecule has 102 valence electrons. The molecule has 3 heteroatoms. The van der Waals surface area contributed by atoms with Crippen molar-refractivity contribution in [1.82, 2.24) is 10.3 Å². The van der Waals surface area contributed by atoms with E-state index in [0.717, 1.165) is 18.4 Å². The third-order valence-corrected chi connectivity index (χ3v) is 4.91. The Balaban J connectivity index is 2.11. The summed E-state index contributed by atoms with van der Waals surface area (Å²) in [6, 6.07) is 0.487. The van der Waals surface area contributed by atoms with Gasteiger partial charge in [-0.25, -0.2) is 4.98 Å². The molecule has 1 aromatic heterocycles. The molecule has 1 aliphatic rings. The van der Waals surface area contributed by atoms with E-state index in [9.17, 15) is 0 Å². The molecule has 1 aliphatic carbocycles. The predicted molar refractivity (Wildman–Crippen MR) is 78.9 cm³/mol. The fraction of sp³-hybridized carbons (Fsp3) is 0.800. The number of aromatic nitrogens is 1. The van der Waals surface area contributed by atoms with Crippen LogP contribution in [0, 0.1) is 11.8 Å². The second kappa shape index (κ2) is 7.25. The van der Waals surface area contributed by atoms with Crippen molar-refractivity contribution in [2.45, 2.75) is 58.4 Å². The van der Waals surface area contributed by atoms with Gasteiger partial charge in [-0.3, -0.25) is 0 Å². The third-order valence-electron chi connectivity index (χ3n) is 4.30. The van der Waals surface area contributed by atoms with E-state index in [4.69, 9.17) is 0 Å². The van der Waals surface area contributed by atoms with Crippen molar-refractivity contribution >= 4 is 11.3 Å². The molecule has 1 heterocycles. The molecular weight excluding hydrogens is 240 g/mol. The molecular formula is C15H26N2S. The molecule has 1 fully saturated rings. The van der Waals surface area contributed by atoms with E-state index >= 15 is 0 Å². The van der Waals surface area contributed by atoms with Crippen LogP contribution in [-0.2, 0) is 0 Å². The van der Waals surface area contributed by atoms with E-state index in [1.807, 2.05) is 5.51 Å². The molecule has 3 atom stereocenters. The zero-order valence-electron chi connectivity index (χ0n) is 11.7. The SMILES string of the molecule is CCCNC(c1cscn1)C1CCCCC1CC. The number of nitrogens with zero attached hydrogens (tertiary/aromatic N) is 1. The van der Waals surface area contributed by atoms with Crippen LogP contribution >= 0.6 is 11.3 Å². The zero-order chi connectivity index (χ0) is 12.8. The Morgan fingerprint density at radius 2 is 2.22 bits per heavy atom. The first-order chi connectivity index (χ1) is 8.86. The fourth-order valence-corrected chi connectivity index (χ4v) is 3.92. The van der Waals surface area contributed by atoms with Crippen molar-refractivity contribution < 1.29 is 0 Å². The van der Waals surface area contributed by atoms with Crippen LogP contribution in [-0.4, -0.2) is 11.5 Å². The number of hydrogen-bond donors (Lipinski definition) is 1. The smallest absolute Gasteiger partial charge is 0.0795 e. The summed E-state index contributed by atoms with van der Waals surface area (Å²) < 4.78 is 0. The lowest BCUT2D eigenvalue weighted by molar-refractivity contribution is 0.173. The standard InChI is InChI=1S/C15H26N2S/c1-3-9-16-15(14-10-18-11-17-14)13-8-6-5-7-12(13)4-2/h10-13,15-16H,3-9H2,1-2H3. The molecule has 2 rings (SSSR count). The van der Waals surface area contributed by atoms with Gasteiger partial charge in [0.2, 0.25) is 0 Å². The second-order valence-electron chi connectivity index (χ2n) is 5.46. The molecule has 0 radical (unpaired) electrons. The summed E-state index contributed by atoms with van der Waals surface area (Å²) >= 11 is 1.72. The first kappa shape index (κ1) is 14.0. The molecule has 18 heavy (non-hydrogen) atoms. The summed E-state index contributed by atoms with van der Waals surface area (Å²) in [6.07, 6.45) is 8.12. The monoisotopic (exact) mass is 266 g/mol. The average molecular weight is 266 g/mol. The molecule has 0 bridgehead atoms. The average Bonchev–Trinajstić information content (AvgIpc) is 2.94. The highest BCUT2D eigenvalue weighted by atomic mass is 32.1. The van der Waals surface area contributed by atoms with Gasteiger partial charge in [-0.15, -0.1) is 11.3 Å². The lowest BCUT2D eigenvalue weighted by atomic mass is 9.73. The van der Waals surface area contributed by atoms with Gasteiger partial charge in [0.1, 0.15) is 0 Å². The van der Waals surface area contributed by atoms with E-state index < -0.39 is 0 Å². The Labute approximate surface area is 115 Å². The summed E-state index contributed by atoms with van der Waals surface area (Å²) in [6.45, 7) is 5.69. The van der Waals surface area contributed by atoms with Crippen LogP contribution in [0.5, 0.6) is 0 Å². The van der Waals surface area contributed by atoms with Gasteiger partial charge in [0.25, 0.3) is 0 Å². The largest absolute Gasteiger partial charge is 0.308 e. The number of nitrogens with one attached hydrogen (secondary N) is 1. The quantitative estimate of drug-likeness (QED) is 0.825.